The van der Waals surface area contributed by atoms with Crippen LogP contribution in [-0.4, -0.2) is 37.8 Å². The van der Waals surface area contributed by atoms with Crippen LogP contribution in [0.2, 0.25) is 0 Å². The van der Waals surface area contributed by atoms with E-state index in [1.807, 2.05) is 35.4 Å². The number of amides is 1. The minimum Gasteiger partial charge on any atom is -0.311 e. The van der Waals surface area contributed by atoms with Crippen molar-refractivity contribution >= 4 is 29.1 Å². The molecule has 1 amide bonds. The molecule has 3 heterocycles. The second-order valence-corrected chi connectivity index (χ2v) is 6.28. The predicted molar refractivity (Wildman–Crippen MR) is 88.6 cm³/mol. The maximum atomic E-state index is 12.6. The van der Waals surface area contributed by atoms with Gasteiger partial charge in [-0.25, -0.2) is 4.98 Å². The summed E-state index contributed by atoms with van der Waals surface area (Å²) in [4.78, 5) is 18.6. The molecule has 3 aromatic rings. The fourth-order valence-corrected chi connectivity index (χ4v) is 3.61. The summed E-state index contributed by atoms with van der Waals surface area (Å²) in [6.45, 7) is 0.776. The van der Waals surface area contributed by atoms with E-state index < -0.39 is 0 Å². The van der Waals surface area contributed by atoms with E-state index >= 15 is 0 Å². The Bertz CT molecular complexity index is 862. The molecule has 4 rings (SSSR count). The molecule has 2 aromatic heterocycles. The highest BCUT2D eigenvalue weighted by atomic mass is 32.2. The van der Waals surface area contributed by atoms with Gasteiger partial charge in [0, 0.05) is 24.6 Å². The Balaban J connectivity index is 1.51. The van der Waals surface area contributed by atoms with Crippen molar-refractivity contribution in [3.05, 3.63) is 48.3 Å². The van der Waals surface area contributed by atoms with Crippen LogP contribution in [0.4, 0.5) is 5.69 Å². The largest absolute Gasteiger partial charge is 0.311 e. The molecule has 0 unspecified atom stereocenters. The number of anilines is 1. The van der Waals surface area contributed by atoms with Gasteiger partial charge < -0.3 is 4.90 Å². The Morgan fingerprint density at radius 2 is 2.13 bits per heavy atom. The molecule has 7 heteroatoms. The molecule has 0 saturated carbocycles. The molecule has 1 aliphatic rings. The lowest BCUT2D eigenvalue weighted by molar-refractivity contribution is -0.116. The van der Waals surface area contributed by atoms with Crippen LogP contribution in [-0.2, 0) is 11.2 Å². The lowest BCUT2D eigenvalue weighted by Gasteiger charge is -2.29. The van der Waals surface area contributed by atoms with Crippen molar-refractivity contribution in [2.45, 2.75) is 18.0 Å². The molecule has 0 radical (unpaired) electrons. The van der Waals surface area contributed by atoms with Crippen molar-refractivity contribution in [2.75, 3.05) is 17.2 Å². The molecule has 0 spiro atoms. The van der Waals surface area contributed by atoms with Crippen molar-refractivity contribution in [1.82, 2.24) is 19.6 Å². The van der Waals surface area contributed by atoms with Crippen molar-refractivity contribution in [3.63, 3.8) is 0 Å². The molecule has 6 nitrogen and oxygen atoms in total. The topological polar surface area (TPSA) is 63.4 Å². The van der Waals surface area contributed by atoms with Gasteiger partial charge in [-0.1, -0.05) is 30.0 Å². The average Bonchev–Trinajstić information content (AvgIpc) is 3.02. The number of thioether (sulfide) groups is 1. The highest BCUT2D eigenvalue weighted by Crippen LogP contribution is 2.28. The van der Waals surface area contributed by atoms with Crippen LogP contribution in [0.15, 0.2) is 47.9 Å². The number of hydrogen-bond donors (Lipinski definition) is 0. The molecule has 0 bridgehead atoms. The van der Waals surface area contributed by atoms with Gasteiger partial charge in [-0.15, -0.1) is 10.2 Å². The van der Waals surface area contributed by atoms with E-state index in [1.54, 1.807) is 10.6 Å². The molecule has 0 aliphatic carbocycles. The molecular formula is C16H15N5OS. The van der Waals surface area contributed by atoms with E-state index in [1.165, 1.54) is 17.3 Å². The van der Waals surface area contributed by atoms with Crippen LogP contribution in [0.5, 0.6) is 0 Å². The zero-order chi connectivity index (χ0) is 15.6. The Morgan fingerprint density at radius 3 is 3.09 bits per heavy atom. The van der Waals surface area contributed by atoms with Gasteiger partial charge in [-0.3, -0.25) is 9.20 Å². The molecule has 1 aliphatic heterocycles. The number of rotatable bonds is 3. The average molecular weight is 325 g/mol. The summed E-state index contributed by atoms with van der Waals surface area (Å²) in [6, 6.07) is 9.95. The van der Waals surface area contributed by atoms with Crippen LogP contribution < -0.4 is 4.90 Å². The van der Waals surface area contributed by atoms with Crippen molar-refractivity contribution < 1.29 is 4.79 Å². The molecule has 116 valence electrons. The number of fused-ring (bicyclic) bond motifs is 2. The monoisotopic (exact) mass is 325 g/mol. The van der Waals surface area contributed by atoms with Gasteiger partial charge in [-0.05, 0) is 30.5 Å². The predicted octanol–water partition coefficient (Wildman–Crippen LogP) is 2.20. The number of carbonyl (C=O) groups is 1. The van der Waals surface area contributed by atoms with Gasteiger partial charge in [0.2, 0.25) is 5.91 Å². The lowest BCUT2D eigenvalue weighted by Crippen LogP contribution is -2.36. The Labute approximate surface area is 137 Å². The second-order valence-electron chi connectivity index (χ2n) is 5.34. The maximum absolute atomic E-state index is 12.6. The lowest BCUT2D eigenvalue weighted by atomic mass is 10.0. The van der Waals surface area contributed by atoms with Gasteiger partial charge in [0.05, 0.1) is 5.75 Å². The highest BCUT2D eigenvalue weighted by molar-refractivity contribution is 7.99. The zero-order valence-electron chi connectivity index (χ0n) is 12.4. The van der Waals surface area contributed by atoms with Crippen LogP contribution in [0.25, 0.3) is 5.78 Å². The summed E-state index contributed by atoms with van der Waals surface area (Å²) < 4.78 is 1.79. The maximum Gasteiger partial charge on any atom is 0.255 e. The molecule has 0 N–H and O–H groups in total. The summed E-state index contributed by atoms with van der Waals surface area (Å²) in [7, 11) is 0. The van der Waals surface area contributed by atoms with Gasteiger partial charge in [0.15, 0.2) is 5.16 Å². The normalized spacial score (nSPS) is 14.0. The summed E-state index contributed by atoms with van der Waals surface area (Å²) in [6.07, 6.45) is 5.57. The van der Waals surface area contributed by atoms with E-state index in [4.69, 9.17) is 0 Å². The van der Waals surface area contributed by atoms with Gasteiger partial charge in [0.1, 0.15) is 0 Å². The molecular weight excluding hydrogens is 310 g/mol. The third-order valence-electron chi connectivity index (χ3n) is 3.89. The van der Waals surface area contributed by atoms with Crippen molar-refractivity contribution in [3.8, 4) is 0 Å². The first-order chi connectivity index (χ1) is 11.3. The summed E-state index contributed by atoms with van der Waals surface area (Å²) in [5, 5.41) is 8.79. The number of hydrogen-bond acceptors (Lipinski definition) is 5. The SMILES string of the molecule is O=C(CSc1nnc2ncccn12)N1CCCc2ccccc21. The van der Waals surface area contributed by atoms with Crippen molar-refractivity contribution in [1.29, 1.82) is 0 Å². The van der Waals surface area contributed by atoms with Gasteiger partial charge in [0.25, 0.3) is 5.78 Å². The van der Waals surface area contributed by atoms with E-state index in [9.17, 15) is 4.79 Å². The standard InChI is InChI=1S/C16H15N5OS/c22-14(20-9-3-6-12-5-1-2-7-13(12)20)11-23-16-19-18-15-17-8-4-10-21(15)16/h1-2,4-5,7-8,10H,3,6,9,11H2. The zero-order valence-corrected chi connectivity index (χ0v) is 13.2. The molecule has 0 saturated heterocycles. The van der Waals surface area contributed by atoms with Crippen LogP contribution in [0.3, 0.4) is 0 Å². The van der Waals surface area contributed by atoms with Crippen LogP contribution in [0, 0.1) is 0 Å². The third-order valence-corrected chi connectivity index (χ3v) is 4.82. The second kappa shape index (κ2) is 6.00. The first kappa shape index (κ1) is 14.2. The number of carbonyl (C=O) groups excluding carboxylic acids is 1. The number of aromatic nitrogens is 4. The molecule has 23 heavy (non-hydrogen) atoms. The summed E-state index contributed by atoms with van der Waals surface area (Å²) in [5.74, 6) is 0.984. The van der Waals surface area contributed by atoms with E-state index in [0.717, 1.165) is 25.1 Å². The number of para-hydroxylation sites is 1. The minimum atomic E-state index is 0.0998. The van der Waals surface area contributed by atoms with Crippen molar-refractivity contribution in [2.24, 2.45) is 0 Å². The quantitative estimate of drug-likeness (QED) is 0.691. The Morgan fingerprint density at radius 1 is 1.22 bits per heavy atom. The highest BCUT2D eigenvalue weighted by Gasteiger charge is 2.22. The van der Waals surface area contributed by atoms with Gasteiger partial charge >= 0.3 is 0 Å². The summed E-state index contributed by atoms with van der Waals surface area (Å²) >= 11 is 1.39. The number of nitrogens with zero attached hydrogens (tertiary/aromatic N) is 5. The fraction of sp³-hybridized carbons (Fsp3) is 0.250. The fourth-order valence-electron chi connectivity index (χ4n) is 2.82. The third kappa shape index (κ3) is 2.68. The van der Waals surface area contributed by atoms with Crippen LogP contribution in [0.1, 0.15) is 12.0 Å². The number of benzene rings is 1. The van der Waals surface area contributed by atoms with E-state index in [2.05, 4.69) is 21.2 Å². The number of aryl methyl sites for hydroxylation is 1. The smallest absolute Gasteiger partial charge is 0.255 e. The van der Waals surface area contributed by atoms with Gasteiger partial charge in [-0.2, -0.15) is 0 Å². The molecule has 0 fully saturated rings. The first-order valence-electron chi connectivity index (χ1n) is 7.50. The van der Waals surface area contributed by atoms with E-state index in [0.29, 0.717) is 16.7 Å². The minimum absolute atomic E-state index is 0.0998. The van der Waals surface area contributed by atoms with E-state index in [-0.39, 0.29) is 5.91 Å². The molecule has 1 aromatic carbocycles. The first-order valence-corrected chi connectivity index (χ1v) is 8.48. The summed E-state index contributed by atoms with van der Waals surface area (Å²) in [5.41, 5.74) is 2.28. The molecule has 0 atom stereocenters. The Hall–Kier alpha value is -2.41. The Kier molecular flexibility index (Phi) is 3.70. The van der Waals surface area contributed by atoms with Crippen LogP contribution >= 0.6 is 11.8 Å².